The highest BCUT2D eigenvalue weighted by Crippen LogP contribution is 2.07. The molecule has 44 heavy (non-hydrogen) atoms. The Morgan fingerprint density at radius 1 is 0.341 bits per heavy atom. The number of aromatic nitrogens is 4. The molecule has 4 N–H and O–H groups in total. The number of nitrogens with one attached hydrogen (secondary N) is 4. The molecule has 0 atom stereocenters. The molecule has 0 aliphatic rings. The van der Waals surface area contributed by atoms with Crippen molar-refractivity contribution in [3.63, 3.8) is 0 Å². The number of hydrogen-bond donors (Lipinski definition) is 4. The molecule has 8 heteroatoms. The van der Waals surface area contributed by atoms with Gasteiger partial charge < -0.3 is 19.9 Å². The predicted octanol–water partition coefficient (Wildman–Crippen LogP) is 6.11. The standard InChI is InChI=1S/4C9H7NO/c2*11-9-5-6-10-8-4-2-1-3-7(8)9;2*11-9-6-5-7-3-1-2-4-8(7)10-9/h4*1-6H,(H,10,11). The second-order valence-electron chi connectivity index (χ2n) is 9.59. The Kier molecular flexibility index (Phi) is 9.34. The summed E-state index contributed by atoms with van der Waals surface area (Å²) in [5, 5.41) is 3.62. The van der Waals surface area contributed by atoms with Crippen molar-refractivity contribution in [3.05, 3.63) is 187 Å². The van der Waals surface area contributed by atoms with Crippen molar-refractivity contribution in [3.8, 4) is 0 Å². The molecule has 0 amide bonds. The summed E-state index contributed by atoms with van der Waals surface area (Å²) < 4.78 is 0. The van der Waals surface area contributed by atoms with Gasteiger partial charge in [-0.15, -0.1) is 0 Å². The van der Waals surface area contributed by atoms with E-state index in [-0.39, 0.29) is 22.0 Å². The number of aromatic amines is 4. The fourth-order valence-corrected chi connectivity index (χ4v) is 4.43. The number of benzene rings is 4. The summed E-state index contributed by atoms with van der Waals surface area (Å²) in [6.07, 6.45) is 3.31. The Labute approximate surface area is 250 Å². The van der Waals surface area contributed by atoms with Gasteiger partial charge in [-0.3, -0.25) is 19.2 Å². The number of para-hydroxylation sites is 4. The van der Waals surface area contributed by atoms with Crippen molar-refractivity contribution in [2.45, 2.75) is 0 Å². The van der Waals surface area contributed by atoms with Crippen molar-refractivity contribution in [1.82, 2.24) is 19.9 Å². The fourth-order valence-electron chi connectivity index (χ4n) is 4.43. The second-order valence-corrected chi connectivity index (χ2v) is 9.59. The number of pyridine rings is 4. The highest BCUT2D eigenvalue weighted by molar-refractivity contribution is 5.79. The van der Waals surface area contributed by atoms with E-state index in [4.69, 9.17) is 0 Å². The fraction of sp³-hybridized carbons (Fsp3) is 0. The molecule has 0 unspecified atom stereocenters. The van der Waals surface area contributed by atoms with Gasteiger partial charge in [-0.05, 0) is 59.3 Å². The Morgan fingerprint density at radius 2 is 0.705 bits per heavy atom. The van der Waals surface area contributed by atoms with Crippen molar-refractivity contribution in [2.24, 2.45) is 0 Å². The normalized spacial score (nSPS) is 10.2. The quantitative estimate of drug-likeness (QED) is 0.172. The third-order valence-corrected chi connectivity index (χ3v) is 6.60. The van der Waals surface area contributed by atoms with Crippen LogP contribution < -0.4 is 22.0 Å². The second kappa shape index (κ2) is 14.1. The average molecular weight is 581 g/mol. The number of hydrogen-bond acceptors (Lipinski definition) is 4. The number of rotatable bonds is 0. The summed E-state index contributed by atoms with van der Waals surface area (Å²) in [6, 6.07) is 40.1. The molecule has 4 heterocycles. The number of fused-ring (bicyclic) bond motifs is 4. The van der Waals surface area contributed by atoms with E-state index in [9.17, 15) is 19.2 Å². The zero-order chi connectivity index (χ0) is 30.7. The van der Waals surface area contributed by atoms with Gasteiger partial charge in [0.2, 0.25) is 11.1 Å². The topological polar surface area (TPSA) is 131 Å². The molecule has 0 aliphatic carbocycles. The molecule has 216 valence electrons. The van der Waals surface area contributed by atoms with Crippen LogP contribution in [0.15, 0.2) is 165 Å². The minimum Gasteiger partial charge on any atom is -0.361 e. The Bertz CT molecular complexity index is 2210. The molecule has 4 aromatic heterocycles. The molecule has 0 saturated heterocycles. The van der Waals surface area contributed by atoms with Crippen molar-refractivity contribution >= 4 is 43.6 Å². The van der Waals surface area contributed by atoms with E-state index in [0.717, 1.165) is 43.6 Å². The van der Waals surface area contributed by atoms with E-state index in [1.54, 1.807) is 12.4 Å². The van der Waals surface area contributed by atoms with Gasteiger partial charge in [0.1, 0.15) is 0 Å². The maximum Gasteiger partial charge on any atom is 0.248 e. The van der Waals surface area contributed by atoms with Gasteiger partial charge in [-0.25, -0.2) is 0 Å². The van der Waals surface area contributed by atoms with E-state index in [1.807, 2.05) is 109 Å². The maximum absolute atomic E-state index is 11.2. The van der Waals surface area contributed by atoms with Crippen LogP contribution in [0.2, 0.25) is 0 Å². The molecule has 0 radical (unpaired) electrons. The zero-order valence-corrected chi connectivity index (χ0v) is 23.5. The molecule has 8 nitrogen and oxygen atoms in total. The van der Waals surface area contributed by atoms with Crippen LogP contribution in [0.5, 0.6) is 0 Å². The van der Waals surface area contributed by atoms with Gasteiger partial charge in [0.05, 0.1) is 0 Å². The molecule has 8 rings (SSSR count). The average Bonchev–Trinajstić information content (AvgIpc) is 3.06. The molecule has 0 bridgehead atoms. The highest BCUT2D eigenvalue weighted by Gasteiger charge is 1.94. The molecule has 0 aliphatic heterocycles. The molecule has 0 spiro atoms. The molecule has 0 fully saturated rings. The minimum atomic E-state index is -0.0521. The van der Waals surface area contributed by atoms with Crippen LogP contribution >= 0.6 is 0 Å². The van der Waals surface area contributed by atoms with E-state index in [0.29, 0.717) is 0 Å². The molecule has 4 aromatic carbocycles. The number of H-pyrrole nitrogens is 4. The largest absolute Gasteiger partial charge is 0.361 e. The van der Waals surface area contributed by atoms with Gasteiger partial charge in [-0.1, -0.05) is 60.7 Å². The van der Waals surface area contributed by atoms with Crippen molar-refractivity contribution in [1.29, 1.82) is 0 Å². The van der Waals surface area contributed by atoms with Crippen molar-refractivity contribution in [2.75, 3.05) is 0 Å². The molecule has 8 aromatic rings. The minimum absolute atomic E-state index is 0.0521. The smallest absolute Gasteiger partial charge is 0.248 e. The van der Waals surface area contributed by atoms with Crippen LogP contribution in [-0.4, -0.2) is 19.9 Å². The Morgan fingerprint density at radius 3 is 1.11 bits per heavy atom. The predicted molar refractivity (Wildman–Crippen MR) is 178 cm³/mol. The lowest BCUT2D eigenvalue weighted by Crippen LogP contribution is -2.01. The SMILES string of the molecule is O=c1cc[nH]c2ccccc12.O=c1cc[nH]c2ccccc12.O=c1ccc2ccccc2[nH]1.O=c1ccc2ccccc2[nH]1. The van der Waals surface area contributed by atoms with Crippen LogP contribution in [0.3, 0.4) is 0 Å². The zero-order valence-electron chi connectivity index (χ0n) is 23.5. The lowest BCUT2D eigenvalue weighted by Gasteiger charge is -1.93. The first-order chi connectivity index (χ1) is 21.5. The molecular formula is C36H28N4O4. The third-order valence-electron chi connectivity index (χ3n) is 6.60. The first-order valence-electron chi connectivity index (χ1n) is 13.8. The lowest BCUT2D eigenvalue weighted by atomic mass is 10.2. The van der Waals surface area contributed by atoms with Gasteiger partial charge >= 0.3 is 0 Å². The third kappa shape index (κ3) is 7.51. The summed E-state index contributed by atoms with van der Waals surface area (Å²) in [5.41, 5.74) is 3.59. The highest BCUT2D eigenvalue weighted by atomic mass is 16.1. The molecular weight excluding hydrogens is 552 g/mol. The first-order valence-corrected chi connectivity index (χ1v) is 13.8. The van der Waals surface area contributed by atoms with Crippen LogP contribution in [0, 0.1) is 0 Å². The maximum atomic E-state index is 11.2. The van der Waals surface area contributed by atoms with Crippen molar-refractivity contribution < 1.29 is 0 Å². The van der Waals surface area contributed by atoms with E-state index >= 15 is 0 Å². The van der Waals surface area contributed by atoms with E-state index < -0.39 is 0 Å². The summed E-state index contributed by atoms with van der Waals surface area (Å²) in [4.78, 5) is 55.4. The van der Waals surface area contributed by atoms with Gasteiger partial charge in [0, 0.05) is 69.5 Å². The Balaban J connectivity index is 0.000000116. The van der Waals surface area contributed by atoms with E-state index in [2.05, 4.69) is 19.9 Å². The summed E-state index contributed by atoms with van der Waals surface area (Å²) in [6.45, 7) is 0. The van der Waals surface area contributed by atoms with Gasteiger partial charge in [-0.2, -0.15) is 0 Å². The Hall–Kier alpha value is -6.28. The summed E-state index contributed by atoms with van der Waals surface area (Å²) >= 11 is 0. The van der Waals surface area contributed by atoms with E-state index in [1.165, 1.54) is 24.3 Å². The molecule has 0 saturated carbocycles. The van der Waals surface area contributed by atoms with Crippen LogP contribution in [-0.2, 0) is 0 Å². The monoisotopic (exact) mass is 580 g/mol. The van der Waals surface area contributed by atoms with Crippen LogP contribution in [0.1, 0.15) is 0 Å². The van der Waals surface area contributed by atoms with Crippen LogP contribution in [0.25, 0.3) is 43.6 Å². The lowest BCUT2D eigenvalue weighted by molar-refractivity contribution is 1.31. The summed E-state index contributed by atoms with van der Waals surface area (Å²) in [7, 11) is 0. The summed E-state index contributed by atoms with van der Waals surface area (Å²) in [5.74, 6) is 0. The van der Waals surface area contributed by atoms with Gasteiger partial charge in [0.25, 0.3) is 0 Å². The van der Waals surface area contributed by atoms with Crippen LogP contribution in [0.4, 0.5) is 0 Å². The van der Waals surface area contributed by atoms with Gasteiger partial charge in [0.15, 0.2) is 10.9 Å². The first kappa shape index (κ1) is 29.2.